The molecule has 3 fully saturated rings. The third-order valence-corrected chi connectivity index (χ3v) is 8.76. The van der Waals surface area contributed by atoms with Crippen LogP contribution >= 0.6 is 0 Å². The van der Waals surface area contributed by atoms with Crippen molar-refractivity contribution in [1.29, 1.82) is 0 Å². The first-order valence-electron chi connectivity index (χ1n) is 10.5. The van der Waals surface area contributed by atoms with Gasteiger partial charge in [-0.2, -0.15) is 0 Å². The molecule has 162 valence electrons. The second-order valence-electron chi connectivity index (χ2n) is 9.91. The van der Waals surface area contributed by atoms with Crippen molar-refractivity contribution < 1.29 is 29.3 Å². The Labute approximate surface area is 171 Å². The predicted octanol–water partition coefficient (Wildman–Crippen LogP) is 3.75. The fourth-order valence-corrected chi connectivity index (χ4v) is 6.75. The maximum atomic E-state index is 13.2. The first-order valence-corrected chi connectivity index (χ1v) is 10.5. The summed E-state index contributed by atoms with van der Waals surface area (Å²) in [5.41, 5.74) is -1.75. The van der Waals surface area contributed by atoms with Crippen LogP contribution in [0.1, 0.15) is 59.8 Å². The minimum Gasteiger partial charge on any atom is -0.465 e. The molecule has 3 rings (SSSR count). The third kappa shape index (κ3) is 3.09. The SMILES string of the molecule is C=C[C@]1(C)C[C@@H](OC(=O)NC(=O)O)[C@]2(C)[C@H](C)CC[C@]3(CCC(=O)[C@H]32)[C@@H](C)[C@@H]1O. The van der Waals surface area contributed by atoms with Crippen LogP contribution in [0.4, 0.5) is 9.59 Å². The summed E-state index contributed by atoms with van der Waals surface area (Å²) < 4.78 is 5.69. The molecule has 0 aliphatic heterocycles. The molecular formula is C22H33NO6. The number of aliphatic hydroxyl groups is 1. The monoisotopic (exact) mass is 407 g/mol. The van der Waals surface area contributed by atoms with Gasteiger partial charge in [0.25, 0.3) is 0 Å². The van der Waals surface area contributed by atoms with E-state index in [9.17, 15) is 19.5 Å². The Morgan fingerprint density at radius 3 is 2.52 bits per heavy atom. The van der Waals surface area contributed by atoms with E-state index in [4.69, 9.17) is 9.84 Å². The second-order valence-corrected chi connectivity index (χ2v) is 9.91. The molecule has 0 spiro atoms. The number of hydrogen-bond donors (Lipinski definition) is 3. The minimum atomic E-state index is -1.49. The molecule has 29 heavy (non-hydrogen) atoms. The number of imide groups is 1. The first kappa shape index (κ1) is 21.8. The zero-order valence-electron chi connectivity index (χ0n) is 17.7. The number of carboxylic acid groups (broad SMARTS) is 1. The molecule has 3 aliphatic carbocycles. The van der Waals surface area contributed by atoms with Gasteiger partial charge in [0.2, 0.25) is 0 Å². The summed E-state index contributed by atoms with van der Waals surface area (Å²) in [6.07, 6.45) is 0.853. The molecule has 0 radical (unpaired) electrons. The van der Waals surface area contributed by atoms with E-state index in [1.807, 2.05) is 20.8 Å². The van der Waals surface area contributed by atoms with Crippen LogP contribution in [-0.2, 0) is 9.53 Å². The van der Waals surface area contributed by atoms with E-state index < -0.39 is 35.2 Å². The number of ketones is 1. The van der Waals surface area contributed by atoms with Gasteiger partial charge in [0.15, 0.2) is 0 Å². The van der Waals surface area contributed by atoms with Crippen LogP contribution in [-0.4, -0.2) is 40.4 Å². The van der Waals surface area contributed by atoms with Crippen molar-refractivity contribution in [2.45, 2.75) is 72.0 Å². The molecule has 0 unspecified atom stereocenters. The van der Waals surface area contributed by atoms with E-state index in [1.165, 1.54) is 0 Å². The largest absolute Gasteiger partial charge is 0.465 e. The van der Waals surface area contributed by atoms with Gasteiger partial charge in [-0.25, -0.2) is 14.9 Å². The number of carbonyl (C=O) groups excluding carboxylic acids is 2. The molecule has 2 bridgehead atoms. The molecule has 7 nitrogen and oxygen atoms in total. The van der Waals surface area contributed by atoms with Gasteiger partial charge < -0.3 is 14.9 Å². The van der Waals surface area contributed by atoms with E-state index in [0.717, 1.165) is 19.3 Å². The lowest BCUT2D eigenvalue weighted by Gasteiger charge is -2.61. The van der Waals surface area contributed by atoms with Gasteiger partial charge in [-0.3, -0.25) is 4.79 Å². The van der Waals surface area contributed by atoms with Crippen molar-refractivity contribution in [1.82, 2.24) is 5.32 Å². The van der Waals surface area contributed by atoms with Crippen LogP contribution in [0.15, 0.2) is 12.7 Å². The summed E-state index contributed by atoms with van der Waals surface area (Å²) in [6, 6.07) is 0. The Morgan fingerprint density at radius 1 is 1.28 bits per heavy atom. The van der Waals surface area contributed by atoms with Gasteiger partial charge in [-0.1, -0.05) is 33.8 Å². The lowest BCUT2D eigenvalue weighted by atomic mass is 9.44. The minimum absolute atomic E-state index is 0.0989. The normalized spacial score (nSPS) is 46.8. The van der Waals surface area contributed by atoms with Crippen molar-refractivity contribution >= 4 is 18.0 Å². The van der Waals surface area contributed by atoms with Gasteiger partial charge in [0.05, 0.1) is 6.10 Å². The van der Waals surface area contributed by atoms with Crippen LogP contribution in [0, 0.1) is 34.0 Å². The van der Waals surface area contributed by atoms with Crippen molar-refractivity contribution in [2.75, 3.05) is 0 Å². The Bertz CT molecular complexity index is 737. The maximum Gasteiger partial charge on any atom is 0.416 e. The van der Waals surface area contributed by atoms with Crippen LogP contribution < -0.4 is 5.32 Å². The van der Waals surface area contributed by atoms with Crippen LogP contribution in [0.2, 0.25) is 0 Å². The highest BCUT2D eigenvalue weighted by Gasteiger charge is 2.68. The molecule has 8 atom stereocenters. The summed E-state index contributed by atoms with van der Waals surface area (Å²) in [6.45, 7) is 11.9. The summed E-state index contributed by atoms with van der Waals surface area (Å²) in [7, 11) is 0. The molecule has 0 aromatic rings. The summed E-state index contributed by atoms with van der Waals surface area (Å²) in [5, 5.41) is 22.0. The number of rotatable bonds is 2. The zero-order chi connectivity index (χ0) is 21.8. The standard InChI is InChI=1S/C22H33NO6/c1-6-20(4)11-15(29-19(28)23-18(26)27)21(5)12(2)7-9-22(13(3)17(20)25)10-8-14(24)16(21)22/h6,12-13,15-17,25H,1,7-11H2,2-5H3,(H,23,28)(H,26,27)/t12-,13+,15-,16+,17+,20-,21+,22+/m1/s1. The average molecular weight is 408 g/mol. The topological polar surface area (TPSA) is 113 Å². The number of aliphatic hydroxyl groups excluding tert-OH is 1. The lowest BCUT2D eigenvalue weighted by molar-refractivity contribution is -0.191. The molecule has 0 aromatic heterocycles. The van der Waals surface area contributed by atoms with Crippen molar-refractivity contribution in [3.63, 3.8) is 0 Å². The van der Waals surface area contributed by atoms with Crippen LogP contribution in [0.3, 0.4) is 0 Å². The Hall–Kier alpha value is -1.89. The van der Waals surface area contributed by atoms with E-state index in [1.54, 1.807) is 11.4 Å². The lowest BCUT2D eigenvalue weighted by Crippen LogP contribution is -2.63. The molecular weight excluding hydrogens is 374 g/mol. The molecule has 0 saturated heterocycles. The fraction of sp³-hybridized carbons (Fsp3) is 0.773. The molecule has 2 amide bonds. The number of nitrogens with one attached hydrogen (secondary N) is 1. The van der Waals surface area contributed by atoms with Crippen LogP contribution in [0.5, 0.6) is 0 Å². The Kier molecular flexibility index (Phi) is 5.35. The van der Waals surface area contributed by atoms with Crippen molar-refractivity contribution in [2.24, 2.45) is 34.0 Å². The van der Waals surface area contributed by atoms with Crippen molar-refractivity contribution in [3.8, 4) is 0 Å². The maximum absolute atomic E-state index is 13.2. The van der Waals surface area contributed by atoms with E-state index in [-0.39, 0.29) is 35.4 Å². The second kappa shape index (κ2) is 7.11. The highest BCUT2D eigenvalue weighted by atomic mass is 16.6. The van der Waals surface area contributed by atoms with Gasteiger partial charge >= 0.3 is 12.2 Å². The summed E-state index contributed by atoms with van der Waals surface area (Å²) in [5.74, 6) is -0.183. The first-order chi connectivity index (χ1) is 13.4. The molecule has 3 aliphatic rings. The number of hydrogen-bond acceptors (Lipinski definition) is 5. The van der Waals surface area contributed by atoms with Gasteiger partial charge in [0.1, 0.15) is 11.9 Å². The molecule has 0 heterocycles. The highest BCUT2D eigenvalue weighted by molar-refractivity contribution is 5.87. The number of alkyl carbamates (subject to hydrolysis) is 1. The quantitative estimate of drug-likeness (QED) is 0.601. The van der Waals surface area contributed by atoms with Gasteiger partial charge in [0, 0.05) is 23.2 Å². The van der Waals surface area contributed by atoms with Crippen LogP contribution in [0.25, 0.3) is 0 Å². The third-order valence-electron chi connectivity index (χ3n) is 8.76. The van der Waals surface area contributed by atoms with Gasteiger partial charge in [-0.05, 0) is 42.9 Å². The number of Topliss-reactive ketones (excluding diaryl/α,β-unsaturated/α-hetero) is 1. The predicted molar refractivity (Wildman–Crippen MR) is 106 cm³/mol. The Balaban J connectivity index is 2.16. The average Bonchev–Trinajstić information content (AvgIpc) is 3.00. The zero-order valence-corrected chi connectivity index (χ0v) is 17.7. The summed E-state index contributed by atoms with van der Waals surface area (Å²) in [4.78, 5) is 36.4. The van der Waals surface area contributed by atoms with E-state index in [2.05, 4.69) is 13.5 Å². The van der Waals surface area contributed by atoms with Gasteiger partial charge in [-0.15, -0.1) is 6.58 Å². The molecule has 3 saturated carbocycles. The Morgan fingerprint density at radius 2 is 1.93 bits per heavy atom. The molecule has 0 aromatic carbocycles. The van der Waals surface area contributed by atoms with E-state index in [0.29, 0.717) is 6.42 Å². The highest BCUT2D eigenvalue weighted by Crippen LogP contribution is 2.67. The number of ether oxygens (including phenoxy) is 1. The van der Waals surface area contributed by atoms with E-state index >= 15 is 0 Å². The smallest absolute Gasteiger partial charge is 0.416 e. The number of carbonyl (C=O) groups is 3. The molecule has 3 N–H and O–H groups in total. The summed E-state index contributed by atoms with van der Waals surface area (Å²) >= 11 is 0. The fourth-order valence-electron chi connectivity index (χ4n) is 6.75. The van der Waals surface area contributed by atoms with Crippen molar-refractivity contribution in [3.05, 3.63) is 12.7 Å². The number of amides is 2. The molecule has 7 heteroatoms.